The molecule has 0 spiro atoms. The SMILES string of the molecule is CBN1CCCC(C(=O)O)C1. The summed E-state index contributed by atoms with van der Waals surface area (Å²) < 4.78 is 0. The molecule has 1 heterocycles. The first-order valence-electron chi connectivity index (χ1n) is 4.19. The van der Waals surface area contributed by atoms with Gasteiger partial charge >= 0.3 is 5.97 Å². The van der Waals surface area contributed by atoms with Gasteiger partial charge in [-0.3, -0.25) is 4.79 Å². The summed E-state index contributed by atoms with van der Waals surface area (Å²) in [6, 6.07) is 0. The van der Waals surface area contributed by atoms with Crippen LogP contribution in [0.2, 0.25) is 6.82 Å². The summed E-state index contributed by atoms with van der Waals surface area (Å²) in [5.41, 5.74) is 0. The summed E-state index contributed by atoms with van der Waals surface area (Å²) in [5.74, 6) is -0.758. The van der Waals surface area contributed by atoms with E-state index in [0.29, 0.717) is 0 Å². The van der Waals surface area contributed by atoms with Crippen molar-refractivity contribution >= 4 is 13.4 Å². The monoisotopic (exact) mass is 155 g/mol. The Balaban J connectivity index is 2.39. The van der Waals surface area contributed by atoms with Crippen LogP contribution in [0.4, 0.5) is 0 Å². The molecule has 0 aromatic heterocycles. The van der Waals surface area contributed by atoms with Crippen molar-refractivity contribution in [1.82, 2.24) is 4.81 Å². The van der Waals surface area contributed by atoms with Gasteiger partial charge in [0.1, 0.15) is 0 Å². The lowest BCUT2D eigenvalue weighted by Crippen LogP contribution is -2.39. The zero-order valence-corrected chi connectivity index (χ0v) is 6.92. The van der Waals surface area contributed by atoms with Crippen LogP contribution in [-0.2, 0) is 4.79 Å². The minimum atomic E-state index is -0.636. The highest BCUT2D eigenvalue weighted by Gasteiger charge is 2.23. The second-order valence-electron chi connectivity index (χ2n) is 3.07. The lowest BCUT2D eigenvalue weighted by molar-refractivity contribution is -0.142. The highest BCUT2D eigenvalue weighted by Crippen LogP contribution is 2.15. The molecule has 0 aromatic rings. The number of hydrogen-bond donors (Lipinski definition) is 1. The molecule has 0 aliphatic carbocycles. The number of hydrogen-bond acceptors (Lipinski definition) is 2. The van der Waals surface area contributed by atoms with Crippen LogP contribution in [0, 0.1) is 5.92 Å². The summed E-state index contributed by atoms with van der Waals surface area (Å²) in [6.07, 6.45) is 1.89. The maximum atomic E-state index is 10.6. The molecule has 1 N–H and O–H groups in total. The summed E-state index contributed by atoms with van der Waals surface area (Å²) >= 11 is 0. The van der Waals surface area contributed by atoms with Crippen molar-refractivity contribution in [2.24, 2.45) is 5.92 Å². The van der Waals surface area contributed by atoms with Crippen LogP contribution in [0.15, 0.2) is 0 Å². The summed E-state index contributed by atoms with van der Waals surface area (Å²) in [5, 5.41) is 8.72. The van der Waals surface area contributed by atoms with Gasteiger partial charge in [-0.1, -0.05) is 6.82 Å². The van der Waals surface area contributed by atoms with E-state index in [2.05, 4.69) is 11.6 Å². The van der Waals surface area contributed by atoms with Crippen molar-refractivity contribution in [3.05, 3.63) is 0 Å². The van der Waals surface area contributed by atoms with Gasteiger partial charge in [-0.15, -0.1) is 0 Å². The second kappa shape index (κ2) is 3.76. The Morgan fingerprint density at radius 1 is 1.73 bits per heavy atom. The van der Waals surface area contributed by atoms with E-state index in [1.807, 2.05) is 0 Å². The molecule has 1 saturated heterocycles. The third-order valence-corrected chi connectivity index (χ3v) is 2.30. The van der Waals surface area contributed by atoms with Crippen molar-refractivity contribution in [2.45, 2.75) is 19.7 Å². The number of carboxylic acid groups (broad SMARTS) is 1. The Hall–Kier alpha value is -0.505. The van der Waals surface area contributed by atoms with E-state index in [1.54, 1.807) is 0 Å². The van der Waals surface area contributed by atoms with Gasteiger partial charge in [-0.25, -0.2) is 0 Å². The molecule has 0 amide bonds. The molecular formula is C7H14BNO2. The average Bonchev–Trinajstić information content (AvgIpc) is 2.05. The van der Waals surface area contributed by atoms with Gasteiger partial charge in [-0.2, -0.15) is 0 Å². The molecule has 1 fully saturated rings. The number of rotatable bonds is 2. The van der Waals surface area contributed by atoms with E-state index in [4.69, 9.17) is 5.11 Å². The fourth-order valence-electron chi connectivity index (χ4n) is 1.54. The zero-order chi connectivity index (χ0) is 8.27. The number of carboxylic acids is 1. The molecule has 0 aromatic carbocycles. The maximum absolute atomic E-state index is 10.6. The first kappa shape index (κ1) is 8.59. The molecule has 1 rings (SSSR count). The molecule has 62 valence electrons. The quantitative estimate of drug-likeness (QED) is 0.578. The van der Waals surface area contributed by atoms with Gasteiger partial charge in [-0.05, 0) is 19.4 Å². The summed E-state index contributed by atoms with van der Waals surface area (Å²) in [7, 11) is 0.976. The van der Waals surface area contributed by atoms with Crippen LogP contribution >= 0.6 is 0 Å². The van der Waals surface area contributed by atoms with Crippen molar-refractivity contribution in [3.8, 4) is 0 Å². The Kier molecular flexibility index (Phi) is 2.94. The van der Waals surface area contributed by atoms with Crippen molar-refractivity contribution in [1.29, 1.82) is 0 Å². The van der Waals surface area contributed by atoms with E-state index >= 15 is 0 Å². The van der Waals surface area contributed by atoms with E-state index < -0.39 is 5.97 Å². The van der Waals surface area contributed by atoms with E-state index in [1.165, 1.54) is 0 Å². The molecule has 4 heteroatoms. The largest absolute Gasteiger partial charge is 0.481 e. The first-order chi connectivity index (χ1) is 5.24. The predicted octanol–water partition coefficient (Wildman–Crippen LogP) is 0.183. The normalized spacial score (nSPS) is 26.5. The van der Waals surface area contributed by atoms with Gasteiger partial charge in [0.2, 0.25) is 7.41 Å². The smallest absolute Gasteiger partial charge is 0.307 e. The number of nitrogens with zero attached hydrogens (tertiary/aromatic N) is 1. The van der Waals surface area contributed by atoms with Crippen LogP contribution in [0.1, 0.15) is 12.8 Å². The average molecular weight is 155 g/mol. The van der Waals surface area contributed by atoms with Crippen molar-refractivity contribution in [3.63, 3.8) is 0 Å². The van der Waals surface area contributed by atoms with Crippen LogP contribution in [-0.4, -0.2) is 36.4 Å². The van der Waals surface area contributed by atoms with E-state index in [0.717, 1.165) is 33.3 Å². The number of carbonyl (C=O) groups is 1. The third-order valence-electron chi connectivity index (χ3n) is 2.30. The molecule has 0 radical (unpaired) electrons. The molecule has 0 saturated carbocycles. The number of piperidine rings is 1. The van der Waals surface area contributed by atoms with Crippen LogP contribution < -0.4 is 0 Å². The highest BCUT2D eigenvalue weighted by molar-refractivity contribution is 6.29. The minimum absolute atomic E-state index is 0.122. The van der Waals surface area contributed by atoms with Crippen LogP contribution in [0.3, 0.4) is 0 Å². The fraction of sp³-hybridized carbons (Fsp3) is 0.857. The van der Waals surface area contributed by atoms with Crippen molar-refractivity contribution < 1.29 is 9.90 Å². The summed E-state index contributed by atoms with van der Waals surface area (Å²) in [4.78, 5) is 12.8. The Bertz CT molecular complexity index is 151. The van der Waals surface area contributed by atoms with Crippen molar-refractivity contribution in [2.75, 3.05) is 13.1 Å². The second-order valence-corrected chi connectivity index (χ2v) is 3.07. The lowest BCUT2D eigenvalue weighted by atomic mass is 9.88. The highest BCUT2D eigenvalue weighted by atomic mass is 16.4. The molecule has 1 unspecified atom stereocenters. The van der Waals surface area contributed by atoms with Gasteiger partial charge < -0.3 is 9.92 Å². The van der Waals surface area contributed by atoms with Crippen LogP contribution in [0.5, 0.6) is 0 Å². The van der Waals surface area contributed by atoms with Gasteiger partial charge in [0, 0.05) is 6.54 Å². The molecular weight excluding hydrogens is 141 g/mol. The minimum Gasteiger partial charge on any atom is -0.481 e. The van der Waals surface area contributed by atoms with E-state index in [-0.39, 0.29) is 5.92 Å². The number of aliphatic carboxylic acids is 1. The molecule has 11 heavy (non-hydrogen) atoms. The molecule has 1 aliphatic heterocycles. The molecule has 1 aliphatic rings. The molecule has 1 atom stereocenters. The fourth-order valence-corrected chi connectivity index (χ4v) is 1.54. The predicted molar refractivity (Wildman–Crippen MR) is 44.9 cm³/mol. The van der Waals surface area contributed by atoms with Gasteiger partial charge in [0.05, 0.1) is 5.92 Å². The standard InChI is InChI=1S/C7H14BNO2/c1-8-9-4-2-3-6(5-9)7(10)11/h6,8H,2-5H2,1H3,(H,10,11). The lowest BCUT2D eigenvalue weighted by Gasteiger charge is -2.29. The molecule has 3 nitrogen and oxygen atoms in total. The maximum Gasteiger partial charge on any atom is 0.307 e. The Morgan fingerprint density at radius 2 is 2.45 bits per heavy atom. The third kappa shape index (κ3) is 2.22. The van der Waals surface area contributed by atoms with Crippen LogP contribution in [0.25, 0.3) is 0 Å². The zero-order valence-electron chi connectivity index (χ0n) is 6.92. The van der Waals surface area contributed by atoms with Gasteiger partial charge in [0.25, 0.3) is 0 Å². The topological polar surface area (TPSA) is 40.5 Å². The van der Waals surface area contributed by atoms with E-state index in [9.17, 15) is 4.79 Å². The Morgan fingerprint density at radius 3 is 3.00 bits per heavy atom. The molecule has 0 bridgehead atoms. The summed E-state index contributed by atoms with van der Waals surface area (Å²) in [6.45, 7) is 3.89. The first-order valence-corrected chi connectivity index (χ1v) is 4.19. The van der Waals surface area contributed by atoms with Gasteiger partial charge in [0.15, 0.2) is 0 Å². The Labute approximate surface area is 67.6 Å².